The monoisotopic (exact) mass is 153 g/mol. The van der Waals surface area contributed by atoms with Crippen LogP contribution in [0.2, 0.25) is 0 Å². The van der Waals surface area contributed by atoms with Gasteiger partial charge in [-0.3, -0.25) is 4.68 Å². The van der Waals surface area contributed by atoms with Crippen LogP contribution in [0.5, 0.6) is 0 Å². The smallest absolute Gasteiger partial charge is 0.0537 e. The van der Waals surface area contributed by atoms with Crippen molar-refractivity contribution in [2.24, 2.45) is 7.05 Å². The van der Waals surface area contributed by atoms with Crippen LogP contribution in [0.4, 0.5) is 0 Å². The maximum Gasteiger partial charge on any atom is 0.0537 e. The normalized spacial score (nSPS) is 13.4. The Labute approximate surface area is 67.4 Å². The highest BCUT2D eigenvalue weighted by atomic mass is 15.2. The van der Waals surface area contributed by atoms with Gasteiger partial charge in [-0.05, 0) is 13.5 Å². The molecule has 0 aliphatic rings. The Morgan fingerprint density at radius 3 is 2.91 bits per heavy atom. The highest BCUT2D eigenvalue weighted by molar-refractivity contribution is 5.08. The molecule has 0 radical (unpaired) electrons. The largest absolute Gasteiger partial charge is 0.310 e. The summed E-state index contributed by atoms with van der Waals surface area (Å²) in [4.78, 5) is 0. The molecule has 1 rings (SSSR count). The van der Waals surface area contributed by atoms with E-state index in [1.807, 2.05) is 24.1 Å². The molecule has 1 aromatic heterocycles. The molecule has 3 heteroatoms. The van der Waals surface area contributed by atoms with Gasteiger partial charge in [0.2, 0.25) is 0 Å². The summed E-state index contributed by atoms with van der Waals surface area (Å²) in [7, 11) is 1.93. The van der Waals surface area contributed by atoms with Crippen molar-refractivity contribution in [3.05, 3.63) is 18.0 Å². The second kappa shape index (κ2) is 3.53. The molecule has 62 valence electrons. The zero-order chi connectivity index (χ0) is 8.27. The van der Waals surface area contributed by atoms with E-state index in [1.165, 1.54) is 5.56 Å². The van der Waals surface area contributed by atoms with Crippen molar-refractivity contribution in [3.8, 4) is 0 Å². The second-order valence-electron chi connectivity index (χ2n) is 2.73. The first-order valence-corrected chi connectivity index (χ1v) is 3.96. The van der Waals surface area contributed by atoms with Crippen molar-refractivity contribution in [2.75, 3.05) is 6.54 Å². The minimum atomic E-state index is 0.411. The van der Waals surface area contributed by atoms with Gasteiger partial charge >= 0.3 is 0 Å². The average Bonchev–Trinajstić information content (AvgIpc) is 2.36. The Morgan fingerprint density at radius 1 is 1.73 bits per heavy atom. The Balaban J connectivity index is 2.60. The molecular weight excluding hydrogens is 138 g/mol. The third-order valence-electron chi connectivity index (χ3n) is 1.74. The molecule has 0 aromatic carbocycles. The van der Waals surface area contributed by atoms with E-state index in [0.29, 0.717) is 6.04 Å². The lowest BCUT2D eigenvalue weighted by molar-refractivity contribution is 0.597. The number of nitrogens with one attached hydrogen (secondary N) is 1. The van der Waals surface area contributed by atoms with E-state index in [2.05, 4.69) is 24.3 Å². The van der Waals surface area contributed by atoms with Gasteiger partial charge in [0.05, 0.1) is 6.20 Å². The van der Waals surface area contributed by atoms with Crippen LogP contribution in [0.3, 0.4) is 0 Å². The minimum Gasteiger partial charge on any atom is -0.310 e. The van der Waals surface area contributed by atoms with Crippen molar-refractivity contribution >= 4 is 0 Å². The number of nitrogens with zero attached hydrogens (tertiary/aromatic N) is 2. The number of rotatable bonds is 3. The fourth-order valence-electron chi connectivity index (χ4n) is 1.09. The number of hydrogen-bond donors (Lipinski definition) is 1. The first-order chi connectivity index (χ1) is 5.24. The first kappa shape index (κ1) is 8.27. The maximum atomic E-state index is 4.10. The number of aryl methyl sites for hydroxylation is 1. The third-order valence-corrected chi connectivity index (χ3v) is 1.74. The summed E-state index contributed by atoms with van der Waals surface area (Å²) in [5.41, 5.74) is 1.24. The molecule has 1 heterocycles. The van der Waals surface area contributed by atoms with E-state index < -0.39 is 0 Å². The first-order valence-electron chi connectivity index (χ1n) is 3.96. The molecular formula is C8H15N3. The van der Waals surface area contributed by atoms with Crippen molar-refractivity contribution in [2.45, 2.75) is 19.9 Å². The van der Waals surface area contributed by atoms with Crippen LogP contribution in [0.1, 0.15) is 25.5 Å². The lowest BCUT2D eigenvalue weighted by Gasteiger charge is -2.08. The van der Waals surface area contributed by atoms with Crippen molar-refractivity contribution in [1.82, 2.24) is 15.1 Å². The second-order valence-corrected chi connectivity index (χ2v) is 2.73. The van der Waals surface area contributed by atoms with Crippen molar-refractivity contribution < 1.29 is 0 Å². The maximum absolute atomic E-state index is 4.10. The quantitative estimate of drug-likeness (QED) is 0.704. The summed E-state index contributed by atoms with van der Waals surface area (Å²) in [6.07, 6.45) is 3.93. The average molecular weight is 153 g/mol. The summed E-state index contributed by atoms with van der Waals surface area (Å²) in [6, 6.07) is 0.411. The molecule has 0 saturated carbocycles. The van der Waals surface area contributed by atoms with Crippen molar-refractivity contribution in [1.29, 1.82) is 0 Å². The summed E-state index contributed by atoms with van der Waals surface area (Å²) in [5, 5.41) is 7.42. The molecule has 0 aliphatic carbocycles. The van der Waals surface area contributed by atoms with Gasteiger partial charge in [0, 0.05) is 24.8 Å². The minimum absolute atomic E-state index is 0.411. The molecule has 11 heavy (non-hydrogen) atoms. The lowest BCUT2D eigenvalue weighted by atomic mass is 10.2. The highest BCUT2D eigenvalue weighted by Gasteiger charge is 2.03. The molecule has 1 N–H and O–H groups in total. The van der Waals surface area contributed by atoms with E-state index in [0.717, 1.165) is 6.54 Å². The zero-order valence-corrected chi connectivity index (χ0v) is 7.33. The van der Waals surface area contributed by atoms with Crippen LogP contribution in [0, 0.1) is 0 Å². The van der Waals surface area contributed by atoms with E-state index in [4.69, 9.17) is 0 Å². The standard InChI is InChI=1S/C8H15N3/c1-4-9-7(2)8-5-10-11(3)6-8/h5-7,9H,4H2,1-3H3. The van der Waals surface area contributed by atoms with Crippen LogP contribution in [-0.2, 0) is 7.05 Å². The zero-order valence-electron chi connectivity index (χ0n) is 7.33. The topological polar surface area (TPSA) is 29.9 Å². The molecule has 0 saturated heterocycles. The summed E-state index contributed by atoms with van der Waals surface area (Å²) >= 11 is 0. The van der Waals surface area contributed by atoms with Crippen LogP contribution in [0.25, 0.3) is 0 Å². The molecule has 0 amide bonds. The summed E-state index contributed by atoms with van der Waals surface area (Å²) in [5.74, 6) is 0. The van der Waals surface area contributed by atoms with Gasteiger partial charge in [-0.25, -0.2) is 0 Å². The van der Waals surface area contributed by atoms with E-state index in [9.17, 15) is 0 Å². The van der Waals surface area contributed by atoms with Gasteiger partial charge in [-0.15, -0.1) is 0 Å². The van der Waals surface area contributed by atoms with Gasteiger partial charge in [0.25, 0.3) is 0 Å². The van der Waals surface area contributed by atoms with Crippen LogP contribution in [0.15, 0.2) is 12.4 Å². The molecule has 1 unspecified atom stereocenters. The Kier molecular flexibility index (Phi) is 2.65. The predicted molar refractivity (Wildman–Crippen MR) is 45.3 cm³/mol. The van der Waals surface area contributed by atoms with Crippen molar-refractivity contribution in [3.63, 3.8) is 0 Å². The summed E-state index contributed by atoms with van der Waals surface area (Å²) < 4.78 is 1.82. The predicted octanol–water partition coefficient (Wildman–Crippen LogP) is 1.09. The van der Waals surface area contributed by atoms with Gasteiger partial charge in [-0.1, -0.05) is 6.92 Å². The molecule has 0 bridgehead atoms. The van der Waals surface area contributed by atoms with Crippen LogP contribution < -0.4 is 5.32 Å². The lowest BCUT2D eigenvalue weighted by Crippen LogP contribution is -2.17. The van der Waals surface area contributed by atoms with E-state index in [-0.39, 0.29) is 0 Å². The van der Waals surface area contributed by atoms with E-state index in [1.54, 1.807) is 0 Å². The van der Waals surface area contributed by atoms with Crippen LogP contribution >= 0.6 is 0 Å². The molecule has 0 spiro atoms. The van der Waals surface area contributed by atoms with Crippen LogP contribution in [-0.4, -0.2) is 16.3 Å². The Morgan fingerprint density at radius 2 is 2.45 bits per heavy atom. The fraction of sp³-hybridized carbons (Fsp3) is 0.625. The fourth-order valence-corrected chi connectivity index (χ4v) is 1.09. The Bertz CT molecular complexity index is 217. The Hall–Kier alpha value is -0.830. The van der Waals surface area contributed by atoms with Gasteiger partial charge in [-0.2, -0.15) is 5.10 Å². The molecule has 1 aromatic rings. The SMILES string of the molecule is CCNC(C)c1cnn(C)c1. The third kappa shape index (κ3) is 2.05. The molecule has 1 atom stereocenters. The van der Waals surface area contributed by atoms with Gasteiger partial charge in [0.1, 0.15) is 0 Å². The van der Waals surface area contributed by atoms with Gasteiger partial charge < -0.3 is 5.32 Å². The molecule has 0 aliphatic heterocycles. The van der Waals surface area contributed by atoms with E-state index >= 15 is 0 Å². The molecule has 0 fully saturated rings. The number of aromatic nitrogens is 2. The highest BCUT2D eigenvalue weighted by Crippen LogP contribution is 2.08. The van der Waals surface area contributed by atoms with Gasteiger partial charge in [0.15, 0.2) is 0 Å². The summed E-state index contributed by atoms with van der Waals surface area (Å²) in [6.45, 7) is 5.24. The number of hydrogen-bond acceptors (Lipinski definition) is 2. The molecule has 3 nitrogen and oxygen atoms in total.